The highest BCUT2D eigenvalue weighted by Crippen LogP contribution is 2.30. The molecular weight excluding hydrogens is 266 g/mol. The van der Waals surface area contributed by atoms with Crippen molar-refractivity contribution < 1.29 is 19.4 Å². The van der Waals surface area contributed by atoms with Crippen LogP contribution >= 0.6 is 11.3 Å². The van der Waals surface area contributed by atoms with Gasteiger partial charge in [-0.05, 0) is 24.6 Å². The quantitative estimate of drug-likeness (QED) is 0.910. The largest absolute Gasteiger partial charge is 0.497 e. The second kappa shape index (κ2) is 5.71. The van der Waals surface area contributed by atoms with E-state index in [0.29, 0.717) is 10.9 Å². The number of methoxy groups -OCH3 is 1. The number of rotatable bonds is 5. The topological polar surface area (TPSA) is 68.7 Å². The molecule has 0 saturated heterocycles. The molecule has 0 amide bonds. The molecule has 1 heterocycles. The second-order valence-corrected chi connectivity index (χ2v) is 4.55. The standard InChI is InChI=1S/C13H13NO4S/c1-3-8-7-19-13(14-8)18-11-5-4-9(17-2)6-10(11)12(15)16/h4-7H,3H2,1-2H3,(H,15,16). The van der Waals surface area contributed by atoms with Crippen molar-refractivity contribution in [1.82, 2.24) is 4.98 Å². The lowest BCUT2D eigenvalue weighted by Crippen LogP contribution is -2.00. The van der Waals surface area contributed by atoms with Crippen LogP contribution in [-0.2, 0) is 6.42 Å². The van der Waals surface area contributed by atoms with Gasteiger partial charge >= 0.3 is 5.97 Å². The van der Waals surface area contributed by atoms with E-state index in [-0.39, 0.29) is 11.3 Å². The van der Waals surface area contributed by atoms with Crippen LogP contribution in [0.25, 0.3) is 0 Å². The number of ether oxygens (including phenoxy) is 2. The molecule has 0 atom stereocenters. The van der Waals surface area contributed by atoms with Gasteiger partial charge < -0.3 is 14.6 Å². The van der Waals surface area contributed by atoms with Crippen molar-refractivity contribution in [2.45, 2.75) is 13.3 Å². The maximum Gasteiger partial charge on any atom is 0.339 e. The lowest BCUT2D eigenvalue weighted by Gasteiger charge is -2.07. The monoisotopic (exact) mass is 279 g/mol. The van der Waals surface area contributed by atoms with Crippen LogP contribution in [0.1, 0.15) is 23.0 Å². The number of hydrogen-bond donors (Lipinski definition) is 1. The Morgan fingerprint density at radius 1 is 1.47 bits per heavy atom. The summed E-state index contributed by atoms with van der Waals surface area (Å²) >= 11 is 1.34. The summed E-state index contributed by atoms with van der Waals surface area (Å²) in [4.78, 5) is 15.4. The normalized spacial score (nSPS) is 10.2. The third-order valence-corrected chi connectivity index (χ3v) is 3.27. The molecule has 0 aliphatic rings. The molecule has 6 heteroatoms. The fourth-order valence-corrected chi connectivity index (χ4v) is 2.25. The van der Waals surface area contributed by atoms with Crippen molar-refractivity contribution in [2.24, 2.45) is 0 Å². The minimum Gasteiger partial charge on any atom is -0.497 e. The summed E-state index contributed by atoms with van der Waals surface area (Å²) in [5.41, 5.74) is 0.970. The Kier molecular flexibility index (Phi) is 4.01. The van der Waals surface area contributed by atoms with E-state index in [2.05, 4.69) is 4.98 Å². The van der Waals surface area contributed by atoms with Gasteiger partial charge in [0.1, 0.15) is 17.1 Å². The first-order valence-corrected chi connectivity index (χ1v) is 6.55. The lowest BCUT2D eigenvalue weighted by atomic mass is 10.2. The molecule has 0 spiro atoms. The van der Waals surface area contributed by atoms with Gasteiger partial charge in [-0.3, -0.25) is 0 Å². The molecule has 0 radical (unpaired) electrons. The molecule has 100 valence electrons. The van der Waals surface area contributed by atoms with E-state index < -0.39 is 5.97 Å². The van der Waals surface area contributed by atoms with Gasteiger partial charge in [-0.15, -0.1) is 0 Å². The molecule has 0 aliphatic carbocycles. The number of aryl methyl sites for hydroxylation is 1. The van der Waals surface area contributed by atoms with E-state index in [0.717, 1.165) is 12.1 Å². The summed E-state index contributed by atoms with van der Waals surface area (Å²) in [6.07, 6.45) is 0.814. The number of carboxylic acid groups (broad SMARTS) is 1. The molecule has 0 unspecified atom stereocenters. The Morgan fingerprint density at radius 3 is 2.84 bits per heavy atom. The minimum absolute atomic E-state index is 0.0487. The summed E-state index contributed by atoms with van der Waals surface area (Å²) in [6, 6.07) is 4.64. The molecule has 5 nitrogen and oxygen atoms in total. The lowest BCUT2D eigenvalue weighted by molar-refractivity contribution is 0.0693. The molecule has 1 aromatic heterocycles. The van der Waals surface area contributed by atoms with Gasteiger partial charge in [-0.25, -0.2) is 9.78 Å². The predicted molar refractivity (Wildman–Crippen MR) is 71.5 cm³/mol. The van der Waals surface area contributed by atoms with E-state index in [1.54, 1.807) is 12.1 Å². The summed E-state index contributed by atoms with van der Waals surface area (Å²) in [5.74, 6) is -0.343. The van der Waals surface area contributed by atoms with Crippen molar-refractivity contribution in [2.75, 3.05) is 7.11 Å². The molecular formula is C13H13NO4S. The molecule has 0 saturated carbocycles. The summed E-state index contributed by atoms with van der Waals surface area (Å²) in [5, 5.41) is 11.5. The van der Waals surface area contributed by atoms with Crippen molar-refractivity contribution in [3.8, 4) is 16.7 Å². The first-order chi connectivity index (χ1) is 9.13. The molecule has 0 bridgehead atoms. The van der Waals surface area contributed by atoms with E-state index in [4.69, 9.17) is 14.6 Å². The Morgan fingerprint density at radius 2 is 2.26 bits per heavy atom. The summed E-state index contributed by atoms with van der Waals surface area (Å²) in [7, 11) is 1.48. The molecule has 19 heavy (non-hydrogen) atoms. The number of benzene rings is 1. The summed E-state index contributed by atoms with van der Waals surface area (Å²) in [6.45, 7) is 1.99. The van der Waals surface area contributed by atoms with Crippen molar-refractivity contribution in [3.63, 3.8) is 0 Å². The van der Waals surface area contributed by atoms with Crippen LogP contribution in [0.2, 0.25) is 0 Å². The maximum absolute atomic E-state index is 11.2. The Balaban J connectivity index is 2.31. The van der Waals surface area contributed by atoms with Gasteiger partial charge in [0.05, 0.1) is 12.8 Å². The van der Waals surface area contributed by atoms with Crippen LogP contribution in [0.5, 0.6) is 16.7 Å². The first kappa shape index (κ1) is 13.4. The van der Waals surface area contributed by atoms with Gasteiger partial charge in [0, 0.05) is 5.38 Å². The Bertz CT molecular complexity index is 594. The van der Waals surface area contributed by atoms with E-state index >= 15 is 0 Å². The van der Waals surface area contributed by atoms with E-state index in [1.165, 1.54) is 24.5 Å². The number of hydrogen-bond acceptors (Lipinski definition) is 5. The van der Waals surface area contributed by atoms with Gasteiger partial charge in [-0.2, -0.15) is 0 Å². The smallest absolute Gasteiger partial charge is 0.339 e. The van der Waals surface area contributed by atoms with Gasteiger partial charge in [0.2, 0.25) is 0 Å². The minimum atomic E-state index is -1.07. The molecule has 1 N–H and O–H groups in total. The van der Waals surface area contributed by atoms with Gasteiger partial charge in [0.15, 0.2) is 0 Å². The average molecular weight is 279 g/mol. The van der Waals surface area contributed by atoms with Crippen LogP contribution in [0.4, 0.5) is 0 Å². The number of nitrogens with zero attached hydrogens (tertiary/aromatic N) is 1. The Hall–Kier alpha value is -2.08. The van der Waals surface area contributed by atoms with Crippen LogP contribution in [0, 0.1) is 0 Å². The van der Waals surface area contributed by atoms with Crippen LogP contribution < -0.4 is 9.47 Å². The Labute approximate surface area is 114 Å². The zero-order valence-electron chi connectivity index (χ0n) is 10.5. The highest BCUT2D eigenvalue weighted by molar-refractivity contribution is 7.11. The fourth-order valence-electron chi connectivity index (χ4n) is 1.48. The zero-order valence-corrected chi connectivity index (χ0v) is 11.4. The predicted octanol–water partition coefficient (Wildman–Crippen LogP) is 3.20. The highest BCUT2D eigenvalue weighted by Gasteiger charge is 2.14. The number of carboxylic acids is 1. The second-order valence-electron chi connectivity index (χ2n) is 3.73. The molecule has 0 fully saturated rings. The van der Waals surface area contributed by atoms with E-state index in [9.17, 15) is 4.79 Å². The zero-order chi connectivity index (χ0) is 13.8. The number of aromatic carboxylic acids is 1. The number of carbonyl (C=O) groups is 1. The van der Waals surface area contributed by atoms with Crippen LogP contribution in [0.3, 0.4) is 0 Å². The maximum atomic E-state index is 11.2. The van der Waals surface area contributed by atoms with Gasteiger partial charge in [0.25, 0.3) is 5.19 Å². The highest BCUT2D eigenvalue weighted by atomic mass is 32.1. The van der Waals surface area contributed by atoms with Crippen molar-refractivity contribution >= 4 is 17.3 Å². The molecule has 1 aromatic carbocycles. The molecule has 2 aromatic rings. The third kappa shape index (κ3) is 3.03. The molecule has 0 aliphatic heterocycles. The first-order valence-electron chi connectivity index (χ1n) is 5.67. The van der Waals surface area contributed by atoms with Crippen LogP contribution in [-0.4, -0.2) is 23.2 Å². The SMILES string of the molecule is CCc1csc(Oc2ccc(OC)cc2C(=O)O)n1. The van der Waals surface area contributed by atoms with Crippen molar-refractivity contribution in [1.29, 1.82) is 0 Å². The van der Waals surface area contributed by atoms with Crippen LogP contribution in [0.15, 0.2) is 23.6 Å². The molecule has 2 rings (SSSR count). The average Bonchev–Trinajstić information content (AvgIpc) is 2.86. The van der Waals surface area contributed by atoms with E-state index in [1.807, 2.05) is 12.3 Å². The van der Waals surface area contributed by atoms with Gasteiger partial charge in [-0.1, -0.05) is 18.3 Å². The number of aromatic nitrogens is 1. The summed E-state index contributed by atoms with van der Waals surface area (Å²) < 4.78 is 10.5. The fraction of sp³-hybridized carbons (Fsp3) is 0.231. The number of thiazole rings is 1. The van der Waals surface area contributed by atoms with Crippen molar-refractivity contribution in [3.05, 3.63) is 34.8 Å². The third-order valence-electron chi connectivity index (χ3n) is 2.51.